The third kappa shape index (κ3) is 5.18. The van der Waals surface area contributed by atoms with Gasteiger partial charge < -0.3 is 18.9 Å². The summed E-state index contributed by atoms with van der Waals surface area (Å²) in [7, 11) is 0. The SMILES string of the molecule is C/C=C/C12COC(C3CCC(C(F)(F)Oc4cc(F)c(C(F)(F)OC(F)(F)F)c(F)c4)CC3)(OC1)O2. The van der Waals surface area contributed by atoms with Crippen LogP contribution >= 0.6 is 0 Å². The standard InChI is InChI=1S/C22H21F9O5/c1-2-7-18-10-32-21(35-18,33-11-18)13-5-3-12(4-6-13)19(25,26)34-14-8-15(23)17(16(24)9-14)20(27,28)36-22(29,30)31/h2,7-9,12-13H,3-6,10-11H2,1H3/b7-2+. The van der Waals surface area contributed by atoms with Crippen molar-refractivity contribution < 1.29 is 63.2 Å². The first kappa shape index (κ1) is 27.0. The molecule has 2 bridgehead atoms. The second-order valence-corrected chi connectivity index (χ2v) is 8.89. The predicted molar refractivity (Wildman–Crippen MR) is 102 cm³/mol. The summed E-state index contributed by atoms with van der Waals surface area (Å²) in [5.41, 5.74) is -3.13. The molecule has 14 heteroatoms. The van der Waals surface area contributed by atoms with Crippen LogP contribution in [0.2, 0.25) is 0 Å². The molecule has 0 radical (unpaired) electrons. The van der Waals surface area contributed by atoms with Crippen LogP contribution in [-0.4, -0.2) is 37.3 Å². The number of fused-ring (bicyclic) bond motifs is 2. The predicted octanol–water partition coefficient (Wildman–Crippen LogP) is 6.37. The molecule has 1 saturated carbocycles. The van der Waals surface area contributed by atoms with E-state index in [-0.39, 0.29) is 56.9 Å². The first-order valence-corrected chi connectivity index (χ1v) is 10.9. The van der Waals surface area contributed by atoms with Gasteiger partial charge in [-0.25, -0.2) is 13.5 Å². The second-order valence-electron chi connectivity index (χ2n) is 8.89. The maximum absolute atomic E-state index is 14.8. The Morgan fingerprint density at radius 3 is 1.97 bits per heavy atom. The van der Waals surface area contributed by atoms with E-state index in [1.165, 1.54) is 0 Å². The number of halogens is 9. The summed E-state index contributed by atoms with van der Waals surface area (Å²) in [5, 5.41) is 0. The van der Waals surface area contributed by atoms with E-state index in [0.29, 0.717) is 0 Å². The van der Waals surface area contributed by atoms with Crippen LogP contribution in [0, 0.1) is 23.5 Å². The lowest BCUT2D eigenvalue weighted by atomic mass is 9.80. The molecule has 0 N–H and O–H groups in total. The zero-order valence-electron chi connectivity index (χ0n) is 18.6. The highest BCUT2D eigenvalue weighted by Crippen LogP contribution is 2.52. The molecule has 0 aromatic heterocycles. The van der Waals surface area contributed by atoms with Gasteiger partial charge in [0.1, 0.15) is 28.5 Å². The van der Waals surface area contributed by atoms with Crippen LogP contribution in [0.5, 0.6) is 5.75 Å². The number of rotatable bonds is 7. The molecule has 2 heterocycles. The van der Waals surface area contributed by atoms with E-state index in [1.807, 2.05) is 0 Å². The van der Waals surface area contributed by atoms with E-state index >= 15 is 0 Å². The third-order valence-corrected chi connectivity index (χ3v) is 6.36. The van der Waals surface area contributed by atoms with Crippen LogP contribution in [0.3, 0.4) is 0 Å². The molecule has 4 rings (SSSR count). The van der Waals surface area contributed by atoms with Crippen molar-refractivity contribution in [2.24, 2.45) is 11.8 Å². The molecule has 2 aliphatic heterocycles. The molecule has 0 spiro atoms. The van der Waals surface area contributed by atoms with Crippen LogP contribution in [-0.2, 0) is 25.1 Å². The molecule has 5 nitrogen and oxygen atoms in total. The van der Waals surface area contributed by atoms with E-state index in [9.17, 15) is 39.5 Å². The van der Waals surface area contributed by atoms with Gasteiger partial charge in [0.2, 0.25) is 0 Å². The van der Waals surface area contributed by atoms with Crippen LogP contribution in [0.1, 0.15) is 38.2 Å². The zero-order chi connectivity index (χ0) is 26.6. The molecule has 202 valence electrons. The monoisotopic (exact) mass is 536 g/mol. The Labute approximate surface area is 199 Å². The molecule has 36 heavy (non-hydrogen) atoms. The van der Waals surface area contributed by atoms with Crippen molar-refractivity contribution in [2.45, 2.75) is 62.8 Å². The van der Waals surface area contributed by atoms with Gasteiger partial charge in [-0.05, 0) is 32.6 Å². The summed E-state index contributed by atoms with van der Waals surface area (Å²) in [6.07, 6.45) is -11.6. The van der Waals surface area contributed by atoms with Gasteiger partial charge in [-0.1, -0.05) is 12.2 Å². The lowest BCUT2D eigenvalue weighted by molar-refractivity contribution is -0.432. The van der Waals surface area contributed by atoms with Crippen molar-refractivity contribution in [3.05, 3.63) is 41.5 Å². The summed E-state index contributed by atoms with van der Waals surface area (Å²) < 4.78 is 146. The topological polar surface area (TPSA) is 46.2 Å². The maximum atomic E-state index is 14.8. The van der Waals surface area contributed by atoms with E-state index in [0.717, 1.165) is 0 Å². The molecule has 0 atom stereocenters. The first-order valence-electron chi connectivity index (χ1n) is 10.9. The average Bonchev–Trinajstić information content (AvgIpc) is 3.28. The van der Waals surface area contributed by atoms with Crippen LogP contribution in [0.4, 0.5) is 39.5 Å². The third-order valence-electron chi connectivity index (χ3n) is 6.36. The fourth-order valence-electron chi connectivity index (χ4n) is 4.79. The van der Waals surface area contributed by atoms with Crippen molar-refractivity contribution in [1.29, 1.82) is 0 Å². The molecule has 0 amide bonds. The van der Waals surface area contributed by atoms with Gasteiger partial charge in [0.25, 0.3) is 5.97 Å². The highest BCUT2D eigenvalue weighted by Gasteiger charge is 2.62. The molecule has 1 aromatic rings. The van der Waals surface area contributed by atoms with Crippen molar-refractivity contribution in [3.63, 3.8) is 0 Å². The Bertz CT molecular complexity index is 971. The summed E-state index contributed by atoms with van der Waals surface area (Å²) in [4.78, 5) is 0. The number of hydrogen-bond donors (Lipinski definition) is 0. The minimum Gasteiger partial charge on any atom is -0.432 e. The van der Waals surface area contributed by atoms with E-state index in [1.54, 1.807) is 19.1 Å². The van der Waals surface area contributed by atoms with Gasteiger partial charge in [0, 0.05) is 18.1 Å². The minimum atomic E-state index is -5.92. The van der Waals surface area contributed by atoms with E-state index < -0.39 is 59.0 Å². The highest BCUT2D eigenvalue weighted by atomic mass is 19.4. The number of benzene rings is 1. The smallest absolute Gasteiger partial charge is 0.432 e. The Kier molecular flexibility index (Phi) is 6.80. The molecule has 3 fully saturated rings. The molecule has 0 unspecified atom stereocenters. The van der Waals surface area contributed by atoms with Gasteiger partial charge in [-0.3, -0.25) is 0 Å². The fraction of sp³-hybridized carbons (Fsp3) is 0.636. The summed E-state index contributed by atoms with van der Waals surface area (Å²) in [5.74, 6) is -8.84. The highest BCUT2D eigenvalue weighted by molar-refractivity contribution is 5.32. The molecule has 2 saturated heterocycles. The van der Waals surface area contributed by atoms with E-state index in [2.05, 4.69) is 9.47 Å². The molecule has 1 aliphatic carbocycles. The lowest BCUT2D eigenvalue weighted by Crippen LogP contribution is -2.45. The van der Waals surface area contributed by atoms with Crippen LogP contribution in [0.15, 0.2) is 24.3 Å². The summed E-state index contributed by atoms with van der Waals surface area (Å²) in [6.45, 7) is 2.30. The minimum absolute atomic E-state index is 0.0576. The normalized spacial score (nSPS) is 31.4. The average molecular weight is 536 g/mol. The van der Waals surface area contributed by atoms with Gasteiger partial charge in [0.15, 0.2) is 0 Å². The molecular weight excluding hydrogens is 515 g/mol. The number of allylic oxidation sites excluding steroid dienone is 1. The van der Waals surface area contributed by atoms with Gasteiger partial charge in [0.05, 0.1) is 19.1 Å². The fourth-order valence-corrected chi connectivity index (χ4v) is 4.79. The molecular formula is C22H21F9O5. The number of hydrogen-bond acceptors (Lipinski definition) is 5. The second kappa shape index (κ2) is 9.07. The van der Waals surface area contributed by atoms with Crippen LogP contribution < -0.4 is 4.74 Å². The maximum Gasteiger partial charge on any atom is 0.527 e. The summed E-state index contributed by atoms with van der Waals surface area (Å²) in [6, 6.07) is -0.115. The lowest BCUT2D eigenvalue weighted by Gasteiger charge is -2.38. The Morgan fingerprint density at radius 1 is 0.917 bits per heavy atom. The van der Waals surface area contributed by atoms with Crippen molar-refractivity contribution >= 4 is 0 Å². The van der Waals surface area contributed by atoms with Crippen LogP contribution in [0.25, 0.3) is 0 Å². The van der Waals surface area contributed by atoms with Crippen molar-refractivity contribution in [2.75, 3.05) is 13.2 Å². The Morgan fingerprint density at radius 2 is 1.47 bits per heavy atom. The zero-order valence-corrected chi connectivity index (χ0v) is 18.6. The van der Waals surface area contributed by atoms with Gasteiger partial charge >= 0.3 is 18.6 Å². The van der Waals surface area contributed by atoms with Gasteiger partial charge in [-0.15, -0.1) is 13.2 Å². The van der Waals surface area contributed by atoms with Gasteiger partial charge in [-0.2, -0.15) is 17.6 Å². The molecule has 1 aromatic carbocycles. The molecule has 3 aliphatic rings. The largest absolute Gasteiger partial charge is 0.527 e. The first-order chi connectivity index (χ1) is 16.6. The van der Waals surface area contributed by atoms with Crippen molar-refractivity contribution in [3.8, 4) is 5.75 Å². The van der Waals surface area contributed by atoms with E-state index in [4.69, 9.17) is 14.2 Å². The number of ether oxygens (including phenoxy) is 5. The quantitative estimate of drug-likeness (QED) is 0.299. The van der Waals surface area contributed by atoms with Crippen molar-refractivity contribution in [1.82, 2.24) is 0 Å². The Hall–Kier alpha value is -2.03. The summed E-state index contributed by atoms with van der Waals surface area (Å²) >= 11 is 0. The number of alkyl halides is 7. The Balaban J connectivity index is 1.41.